The van der Waals surface area contributed by atoms with Gasteiger partial charge in [0.05, 0.1) is 28.4 Å². The molecule has 0 aromatic heterocycles. The zero-order valence-electron chi connectivity index (χ0n) is 13.1. The first-order chi connectivity index (χ1) is 10.8. The van der Waals surface area contributed by atoms with Gasteiger partial charge in [0.2, 0.25) is 0 Å². The third kappa shape index (κ3) is 3.52. The summed E-state index contributed by atoms with van der Waals surface area (Å²) in [5, 5.41) is 10.6. The SMILES string of the molecule is CC1(O)CCOC2(CCN(C(=O)c3cc(F)ccc3Cl)CC2)C1. The average molecular weight is 342 g/mol. The minimum atomic E-state index is -0.712. The van der Waals surface area contributed by atoms with Crippen molar-refractivity contribution in [3.63, 3.8) is 0 Å². The second kappa shape index (κ2) is 6.04. The lowest BCUT2D eigenvalue weighted by molar-refractivity contribution is -0.170. The third-order valence-electron chi connectivity index (χ3n) is 4.87. The van der Waals surface area contributed by atoms with E-state index in [9.17, 15) is 14.3 Å². The van der Waals surface area contributed by atoms with Gasteiger partial charge in [0.15, 0.2) is 0 Å². The molecule has 126 valence electrons. The maximum absolute atomic E-state index is 13.4. The van der Waals surface area contributed by atoms with Gasteiger partial charge in [-0.2, -0.15) is 0 Å². The fourth-order valence-corrected chi connectivity index (χ4v) is 3.79. The summed E-state index contributed by atoms with van der Waals surface area (Å²) in [6, 6.07) is 3.82. The van der Waals surface area contributed by atoms with Crippen LogP contribution in [0, 0.1) is 5.82 Å². The minimum absolute atomic E-state index is 0.194. The van der Waals surface area contributed by atoms with Gasteiger partial charge in [-0.25, -0.2) is 4.39 Å². The smallest absolute Gasteiger partial charge is 0.255 e. The lowest BCUT2D eigenvalue weighted by atomic mass is 9.78. The minimum Gasteiger partial charge on any atom is -0.390 e. The van der Waals surface area contributed by atoms with Crippen molar-refractivity contribution in [1.82, 2.24) is 4.90 Å². The van der Waals surface area contributed by atoms with E-state index in [0.29, 0.717) is 45.4 Å². The monoisotopic (exact) mass is 341 g/mol. The Bertz CT molecular complexity index is 612. The van der Waals surface area contributed by atoms with Crippen LogP contribution in [0.25, 0.3) is 0 Å². The lowest BCUT2D eigenvalue weighted by Crippen LogP contribution is -2.54. The van der Waals surface area contributed by atoms with Crippen LogP contribution in [0.3, 0.4) is 0 Å². The van der Waals surface area contributed by atoms with E-state index in [1.165, 1.54) is 18.2 Å². The van der Waals surface area contributed by atoms with Crippen molar-refractivity contribution < 1.29 is 19.0 Å². The normalized spacial score (nSPS) is 27.2. The number of likely N-dealkylation sites (tertiary alicyclic amines) is 1. The van der Waals surface area contributed by atoms with Gasteiger partial charge in [0, 0.05) is 19.5 Å². The molecule has 2 aliphatic heterocycles. The molecule has 0 radical (unpaired) electrons. The van der Waals surface area contributed by atoms with Gasteiger partial charge in [-0.05, 0) is 44.4 Å². The molecule has 6 heteroatoms. The molecule has 1 N–H and O–H groups in total. The molecule has 23 heavy (non-hydrogen) atoms. The number of benzene rings is 1. The molecule has 1 spiro atoms. The van der Waals surface area contributed by atoms with Crippen LogP contribution in [0.5, 0.6) is 0 Å². The summed E-state index contributed by atoms with van der Waals surface area (Å²) in [4.78, 5) is 14.2. The highest BCUT2D eigenvalue weighted by molar-refractivity contribution is 6.33. The van der Waals surface area contributed by atoms with Crippen LogP contribution in [0.15, 0.2) is 18.2 Å². The quantitative estimate of drug-likeness (QED) is 0.854. The summed E-state index contributed by atoms with van der Waals surface area (Å²) in [5.74, 6) is -0.732. The van der Waals surface area contributed by atoms with Crippen LogP contribution in [0.4, 0.5) is 4.39 Å². The van der Waals surface area contributed by atoms with Crippen LogP contribution in [-0.4, -0.2) is 46.8 Å². The molecule has 4 nitrogen and oxygen atoms in total. The fourth-order valence-electron chi connectivity index (χ4n) is 3.59. The van der Waals surface area contributed by atoms with Crippen molar-refractivity contribution in [2.45, 2.75) is 43.8 Å². The first-order valence-corrected chi connectivity index (χ1v) is 8.29. The topological polar surface area (TPSA) is 49.8 Å². The summed E-state index contributed by atoms with van der Waals surface area (Å²) in [7, 11) is 0. The molecule has 0 bridgehead atoms. The number of carbonyl (C=O) groups excluding carboxylic acids is 1. The van der Waals surface area contributed by atoms with E-state index in [4.69, 9.17) is 16.3 Å². The fraction of sp³-hybridized carbons (Fsp3) is 0.588. The zero-order valence-corrected chi connectivity index (χ0v) is 13.9. The molecule has 3 rings (SSSR count). The van der Waals surface area contributed by atoms with Crippen molar-refractivity contribution in [2.75, 3.05) is 19.7 Å². The largest absolute Gasteiger partial charge is 0.390 e. The Balaban J connectivity index is 1.69. The molecule has 2 heterocycles. The van der Waals surface area contributed by atoms with Crippen LogP contribution >= 0.6 is 11.6 Å². The van der Waals surface area contributed by atoms with Gasteiger partial charge in [-0.15, -0.1) is 0 Å². The van der Waals surface area contributed by atoms with Crippen molar-refractivity contribution in [1.29, 1.82) is 0 Å². The van der Waals surface area contributed by atoms with E-state index in [1.807, 2.05) is 6.92 Å². The number of hydrogen-bond acceptors (Lipinski definition) is 3. The maximum atomic E-state index is 13.4. The molecule has 1 atom stereocenters. The Kier molecular flexibility index (Phi) is 4.38. The molecule has 0 aliphatic carbocycles. The number of piperidine rings is 1. The first-order valence-electron chi connectivity index (χ1n) is 7.91. The molecule has 1 aromatic carbocycles. The van der Waals surface area contributed by atoms with Crippen molar-refractivity contribution >= 4 is 17.5 Å². The number of halogens is 2. The van der Waals surface area contributed by atoms with E-state index >= 15 is 0 Å². The number of carbonyl (C=O) groups is 1. The molecule has 2 fully saturated rings. The molecular formula is C17H21ClFNO3. The summed E-state index contributed by atoms with van der Waals surface area (Å²) in [6.45, 7) is 3.40. The van der Waals surface area contributed by atoms with Crippen LogP contribution < -0.4 is 0 Å². The highest BCUT2D eigenvalue weighted by Gasteiger charge is 2.45. The number of ether oxygens (including phenoxy) is 1. The predicted molar refractivity (Wildman–Crippen MR) is 85.1 cm³/mol. The Labute approximate surface area is 140 Å². The lowest BCUT2D eigenvalue weighted by Gasteiger charge is -2.48. The summed E-state index contributed by atoms with van der Waals surface area (Å²) < 4.78 is 19.3. The van der Waals surface area contributed by atoms with Gasteiger partial charge in [-0.3, -0.25) is 4.79 Å². The highest BCUT2D eigenvalue weighted by atomic mass is 35.5. The standard InChI is InChI=1S/C17H21ClFNO3/c1-16(22)6-9-23-17(11-16)4-7-20(8-5-17)15(21)13-10-12(19)2-3-14(13)18/h2-3,10,22H,4-9,11H2,1H3. The molecule has 1 aromatic rings. The number of rotatable bonds is 1. The highest BCUT2D eigenvalue weighted by Crippen LogP contribution is 2.39. The second-order valence-electron chi connectivity index (χ2n) is 6.87. The van der Waals surface area contributed by atoms with Crippen LogP contribution in [0.1, 0.15) is 43.0 Å². The number of amides is 1. The van der Waals surface area contributed by atoms with E-state index < -0.39 is 11.4 Å². The third-order valence-corrected chi connectivity index (χ3v) is 5.20. The first kappa shape index (κ1) is 16.7. The summed E-state index contributed by atoms with van der Waals surface area (Å²) in [5.41, 5.74) is -0.875. The van der Waals surface area contributed by atoms with E-state index in [-0.39, 0.29) is 22.1 Å². The molecule has 2 aliphatic rings. The van der Waals surface area contributed by atoms with E-state index in [2.05, 4.69) is 0 Å². The van der Waals surface area contributed by atoms with Gasteiger partial charge >= 0.3 is 0 Å². The molecular weight excluding hydrogens is 321 g/mol. The zero-order chi connectivity index (χ0) is 16.7. The van der Waals surface area contributed by atoms with Gasteiger partial charge in [0.1, 0.15) is 5.82 Å². The molecule has 0 saturated carbocycles. The average Bonchev–Trinajstić information content (AvgIpc) is 2.49. The van der Waals surface area contributed by atoms with Gasteiger partial charge in [0.25, 0.3) is 5.91 Å². The summed E-state index contributed by atoms with van der Waals surface area (Å²) >= 11 is 6.02. The second-order valence-corrected chi connectivity index (χ2v) is 7.28. The Hall–Kier alpha value is -1.17. The van der Waals surface area contributed by atoms with Gasteiger partial charge < -0.3 is 14.7 Å². The number of aliphatic hydroxyl groups is 1. The Morgan fingerprint density at radius 1 is 1.35 bits per heavy atom. The van der Waals surface area contributed by atoms with E-state index in [0.717, 1.165) is 0 Å². The number of hydrogen-bond donors (Lipinski definition) is 1. The predicted octanol–water partition coefficient (Wildman–Crippen LogP) is 3.02. The van der Waals surface area contributed by atoms with E-state index in [1.54, 1.807) is 4.90 Å². The Morgan fingerprint density at radius 3 is 2.70 bits per heavy atom. The molecule has 1 unspecified atom stereocenters. The van der Waals surface area contributed by atoms with Crippen molar-refractivity contribution in [2.24, 2.45) is 0 Å². The van der Waals surface area contributed by atoms with Crippen LogP contribution in [0.2, 0.25) is 5.02 Å². The number of nitrogens with zero attached hydrogens (tertiary/aromatic N) is 1. The molecule has 2 saturated heterocycles. The molecule has 1 amide bonds. The van der Waals surface area contributed by atoms with Gasteiger partial charge in [-0.1, -0.05) is 11.6 Å². The van der Waals surface area contributed by atoms with Crippen molar-refractivity contribution in [3.05, 3.63) is 34.6 Å². The van der Waals surface area contributed by atoms with Crippen LogP contribution in [-0.2, 0) is 4.74 Å². The van der Waals surface area contributed by atoms with Crippen molar-refractivity contribution in [3.8, 4) is 0 Å². The Morgan fingerprint density at radius 2 is 2.04 bits per heavy atom. The maximum Gasteiger partial charge on any atom is 0.255 e. The summed E-state index contributed by atoms with van der Waals surface area (Å²) in [6.07, 6.45) is 2.56.